The van der Waals surface area contributed by atoms with E-state index in [4.69, 9.17) is 5.73 Å². The lowest BCUT2D eigenvalue weighted by Crippen LogP contribution is -2.11. The Bertz CT molecular complexity index is 534. The molecule has 3 N–H and O–H groups in total. The molecule has 0 spiro atoms. The molecular formula is C14H17N3O. The van der Waals surface area contributed by atoms with Crippen molar-refractivity contribution in [3.8, 4) is 0 Å². The summed E-state index contributed by atoms with van der Waals surface area (Å²) < 4.78 is 0. The Hall–Kier alpha value is -1.94. The molecular weight excluding hydrogens is 226 g/mol. The van der Waals surface area contributed by atoms with Crippen molar-refractivity contribution in [3.63, 3.8) is 0 Å². The van der Waals surface area contributed by atoms with Gasteiger partial charge >= 0.3 is 0 Å². The fourth-order valence-electron chi connectivity index (χ4n) is 2.08. The minimum absolute atomic E-state index is 0.357. The predicted molar refractivity (Wildman–Crippen MR) is 71.1 cm³/mol. The lowest BCUT2D eigenvalue weighted by Gasteiger charge is -2.17. The second-order valence-corrected chi connectivity index (χ2v) is 4.23. The van der Waals surface area contributed by atoms with Crippen LogP contribution in [0.25, 0.3) is 0 Å². The monoisotopic (exact) mass is 243 g/mol. The van der Waals surface area contributed by atoms with E-state index in [2.05, 4.69) is 9.97 Å². The second-order valence-electron chi connectivity index (χ2n) is 4.23. The third-order valence-electron chi connectivity index (χ3n) is 3.08. The van der Waals surface area contributed by atoms with Crippen molar-refractivity contribution in [1.29, 1.82) is 0 Å². The third kappa shape index (κ3) is 2.19. The summed E-state index contributed by atoms with van der Waals surface area (Å²) in [6.45, 7) is 3.94. The number of aryl methyl sites for hydroxylation is 2. The number of nitrogen functional groups attached to an aromatic ring is 1. The molecule has 18 heavy (non-hydrogen) atoms. The van der Waals surface area contributed by atoms with Gasteiger partial charge in [-0.15, -0.1) is 0 Å². The van der Waals surface area contributed by atoms with Gasteiger partial charge in [0.15, 0.2) is 0 Å². The van der Waals surface area contributed by atoms with Gasteiger partial charge in [0, 0.05) is 18.0 Å². The zero-order valence-electron chi connectivity index (χ0n) is 10.6. The molecule has 0 aromatic carbocycles. The Morgan fingerprint density at radius 2 is 2.06 bits per heavy atom. The lowest BCUT2D eigenvalue weighted by atomic mass is 9.98. The van der Waals surface area contributed by atoms with Gasteiger partial charge in [0.1, 0.15) is 11.9 Å². The first-order valence-corrected chi connectivity index (χ1v) is 5.98. The standard InChI is InChI=1S/C14H17N3O/c1-3-10-5-4-7-16-12(10)13(18)11-9(2)6-8-17-14(11)15/h4-8,13,18H,3H2,1-2H3,(H2,15,17). The average Bonchev–Trinajstić information content (AvgIpc) is 2.38. The van der Waals surface area contributed by atoms with E-state index in [1.165, 1.54) is 0 Å². The van der Waals surface area contributed by atoms with Gasteiger partial charge in [-0.05, 0) is 36.6 Å². The van der Waals surface area contributed by atoms with Gasteiger partial charge in [0.05, 0.1) is 5.69 Å². The Morgan fingerprint density at radius 1 is 1.28 bits per heavy atom. The SMILES string of the molecule is CCc1cccnc1C(O)c1c(C)ccnc1N. The van der Waals surface area contributed by atoms with Crippen LogP contribution in [-0.4, -0.2) is 15.1 Å². The summed E-state index contributed by atoms with van der Waals surface area (Å²) >= 11 is 0. The summed E-state index contributed by atoms with van der Waals surface area (Å²) in [5.41, 5.74) is 9.09. The summed E-state index contributed by atoms with van der Waals surface area (Å²) in [6.07, 6.45) is 3.31. The molecule has 2 aromatic heterocycles. The minimum atomic E-state index is -0.824. The molecule has 0 bridgehead atoms. The first kappa shape index (κ1) is 12.5. The summed E-state index contributed by atoms with van der Waals surface area (Å²) in [5.74, 6) is 0.357. The zero-order valence-corrected chi connectivity index (χ0v) is 10.6. The quantitative estimate of drug-likeness (QED) is 0.865. The van der Waals surface area contributed by atoms with Crippen LogP contribution >= 0.6 is 0 Å². The van der Waals surface area contributed by atoms with E-state index in [-0.39, 0.29) is 0 Å². The van der Waals surface area contributed by atoms with E-state index in [1.807, 2.05) is 32.0 Å². The molecule has 0 saturated heterocycles. The van der Waals surface area contributed by atoms with E-state index in [0.717, 1.165) is 17.5 Å². The first-order valence-electron chi connectivity index (χ1n) is 5.98. The van der Waals surface area contributed by atoms with Gasteiger partial charge in [-0.25, -0.2) is 4.98 Å². The number of aliphatic hydroxyl groups is 1. The van der Waals surface area contributed by atoms with Crippen LogP contribution in [0.2, 0.25) is 0 Å². The fraction of sp³-hybridized carbons (Fsp3) is 0.286. The highest BCUT2D eigenvalue weighted by atomic mass is 16.3. The summed E-state index contributed by atoms with van der Waals surface area (Å²) in [7, 11) is 0. The molecule has 0 saturated carbocycles. The molecule has 2 rings (SSSR count). The molecule has 94 valence electrons. The molecule has 4 nitrogen and oxygen atoms in total. The number of aromatic nitrogens is 2. The number of hydrogen-bond acceptors (Lipinski definition) is 4. The van der Waals surface area contributed by atoms with E-state index in [9.17, 15) is 5.11 Å². The van der Waals surface area contributed by atoms with Crippen molar-refractivity contribution in [2.75, 3.05) is 5.73 Å². The van der Waals surface area contributed by atoms with Crippen LogP contribution in [0.4, 0.5) is 5.82 Å². The largest absolute Gasteiger partial charge is 0.383 e. The highest BCUT2D eigenvalue weighted by Gasteiger charge is 2.20. The van der Waals surface area contributed by atoms with Crippen LogP contribution in [0.15, 0.2) is 30.6 Å². The fourth-order valence-corrected chi connectivity index (χ4v) is 2.08. The van der Waals surface area contributed by atoms with Gasteiger partial charge in [-0.1, -0.05) is 13.0 Å². The highest BCUT2D eigenvalue weighted by molar-refractivity contribution is 5.48. The van der Waals surface area contributed by atoms with Gasteiger partial charge in [-0.3, -0.25) is 4.98 Å². The van der Waals surface area contributed by atoms with Crippen LogP contribution < -0.4 is 5.73 Å². The smallest absolute Gasteiger partial charge is 0.129 e. The maximum atomic E-state index is 10.5. The zero-order chi connectivity index (χ0) is 13.1. The Kier molecular flexibility index (Phi) is 3.58. The van der Waals surface area contributed by atoms with E-state index < -0.39 is 6.10 Å². The molecule has 0 aliphatic heterocycles. The normalized spacial score (nSPS) is 12.4. The minimum Gasteiger partial charge on any atom is -0.383 e. The number of nitrogens with zero attached hydrogens (tertiary/aromatic N) is 2. The highest BCUT2D eigenvalue weighted by Crippen LogP contribution is 2.28. The molecule has 2 heterocycles. The summed E-state index contributed by atoms with van der Waals surface area (Å²) in [4.78, 5) is 8.31. The lowest BCUT2D eigenvalue weighted by molar-refractivity contribution is 0.214. The van der Waals surface area contributed by atoms with Crippen LogP contribution in [0.5, 0.6) is 0 Å². The number of anilines is 1. The molecule has 4 heteroatoms. The van der Waals surface area contributed by atoms with Crippen LogP contribution in [-0.2, 0) is 6.42 Å². The van der Waals surface area contributed by atoms with Crippen molar-refractivity contribution in [1.82, 2.24) is 9.97 Å². The van der Waals surface area contributed by atoms with E-state index >= 15 is 0 Å². The van der Waals surface area contributed by atoms with Crippen molar-refractivity contribution < 1.29 is 5.11 Å². The maximum absolute atomic E-state index is 10.5. The summed E-state index contributed by atoms with van der Waals surface area (Å²) in [5, 5.41) is 10.5. The maximum Gasteiger partial charge on any atom is 0.129 e. The first-order chi connectivity index (χ1) is 8.65. The van der Waals surface area contributed by atoms with Gasteiger partial charge in [0.2, 0.25) is 0 Å². The van der Waals surface area contributed by atoms with E-state index in [1.54, 1.807) is 12.4 Å². The molecule has 0 aliphatic carbocycles. The predicted octanol–water partition coefficient (Wildman–Crippen LogP) is 2.01. The molecule has 0 fully saturated rings. The molecule has 0 radical (unpaired) electrons. The van der Waals surface area contributed by atoms with Gasteiger partial charge < -0.3 is 10.8 Å². The Morgan fingerprint density at radius 3 is 2.72 bits per heavy atom. The molecule has 0 aliphatic rings. The number of pyridine rings is 2. The molecule has 0 amide bonds. The molecule has 1 atom stereocenters. The average molecular weight is 243 g/mol. The Labute approximate surface area is 107 Å². The topological polar surface area (TPSA) is 72.0 Å². The number of nitrogens with two attached hydrogens (primary N) is 1. The number of aliphatic hydroxyl groups excluding tert-OH is 1. The van der Waals surface area contributed by atoms with Crippen molar-refractivity contribution in [2.45, 2.75) is 26.4 Å². The van der Waals surface area contributed by atoms with Crippen molar-refractivity contribution in [2.24, 2.45) is 0 Å². The van der Waals surface area contributed by atoms with Crippen molar-refractivity contribution >= 4 is 5.82 Å². The van der Waals surface area contributed by atoms with Crippen LogP contribution in [0.1, 0.15) is 35.4 Å². The number of rotatable bonds is 3. The van der Waals surface area contributed by atoms with E-state index in [0.29, 0.717) is 17.1 Å². The second kappa shape index (κ2) is 5.14. The van der Waals surface area contributed by atoms with Gasteiger partial charge in [0.25, 0.3) is 0 Å². The third-order valence-corrected chi connectivity index (χ3v) is 3.08. The Balaban J connectivity index is 2.51. The van der Waals surface area contributed by atoms with Gasteiger partial charge in [-0.2, -0.15) is 0 Å². The number of hydrogen-bond donors (Lipinski definition) is 2. The van der Waals surface area contributed by atoms with Crippen molar-refractivity contribution in [3.05, 3.63) is 53.0 Å². The van der Waals surface area contributed by atoms with Crippen LogP contribution in [0, 0.1) is 6.92 Å². The molecule has 1 unspecified atom stereocenters. The van der Waals surface area contributed by atoms with Crippen LogP contribution in [0.3, 0.4) is 0 Å². The molecule has 2 aromatic rings. The summed E-state index contributed by atoms with van der Waals surface area (Å²) in [6, 6.07) is 5.67.